The van der Waals surface area contributed by atoms with E-state index in [-0.39, 0.29) is 18.8 Å². The highest BCUT2D eigenvalue weighted by atomic mass is 16.7. The van der Waals surface area contributed by atoms with Gasteiger partial charge in [0.05, 0.1) is 20.3 Å². The van der Waals surface area contributed by atoms with E-state index in [0.717, 1.165) is 46.2 Å². The summed E-state index contributed by atoms with van der Waals surface area (Å²) in [6.45, 7) is 0.974. The molecule has 1 aliphatic carbocycles. The molecule has 0 aromatic heterocycles. The van der Waals surface area contributed by atoms with E-state index in [4.69, 9.17) is 18.9 Å². The average Bonchev–Trinajstić information content (AvgIpc) is 3.12. The molecule has 3 aliphatic rings. The van der Waals surface area contributed by atoms with Gasteiger partial charge in [-0.1, -0.05) is 6.07 Å². The number of aliphatic hydroxyl groups excluding tert-OH is 1. The van der Waals surface area contributed by atoms with Crippen molar-refractivity contribution in [2.45, 2.75) is 31.0 Å². The number of hydrogen-bond donors (Lipinski definition) is 1. The number of hydrogen-bond acceptors (Lipinski definition) is 6. The third kappa shape index (κ3) is 2.33. The predicted molar refractivity (Wildman–Crippen MR) is 98.8 cm³/mol. The SMILES string of the molecule is COc1ccc2c(c1OC)CN(C)[C@@H]1c3cc4c(cc3C[C@H](O)[C@H]21)OCO4. The normalized spacial score (nSPS) is 25.4. The second kappa shape index (κ2) is 6.04. The van der Waals surface area contributed by atoms with Gasteiger partial charge in [0.15, 0.2) is 23.0 Å². The van der Waals surface area contributed by atoms with Gasteiger partial charge >= 0.3 is 0 Å². The van der Waals surface area contributed by atoms with Crippen LogP contribution in [0.3, 0.4) is 0 Å². The molecule has 1 N–H and O–H groups in total. The monoisotopic (exact) mass is 369 g/mol. The van der Waals surface area contributed by atoms with E-state index < -0.39 is 6.10 Å². The number of methoxy groups -OCH3 is 2. The first kappa shape index (κ1) is 16.7. The third-order valence-electron chi connectivity index (χ3n) is 6.06. The fourth-order valence-corrected chi connectivity index (χ4v) is 4.93. The number of aliphatic hydroxyl groups is 1. The fourth-order valence-electron chi connectivity index (χ4n) is 4.93. The number of benzene rings is 2. The molecule has 0 unspecified atom stereocenters. The fraction of sp³-hybridized carbons (Fsp3) is 0.429. The second-order valence-electron chi connectivity index (χ2n) is 7.43. The minimum Gasteiger partial charge on any atom is -0.493 e. The number of nitrogens with zero attached hydrogens (tertiary/aromatic N) is 1. The van der Waals surface area contributed by atoms with E-state index in [1.807, 2.05) is 12.1 Å². The lowest BCUT2D eigenvalue weighted by Gasteiger charge is -2.46. The van der Waals surface area contributed by atoms with Crippen LogP contribution in [-0.4, -0.2) is 44.2 Å². The highest BCUT2D eigenvalue weighted by Gasteiger charge is 2.44. The highest BCUT2D eigenvalue weighted by Crippen LogP contribution is 2.53. The number of fused-ring (bicyclic) bond motifs is 6. The first-order valence-electron chi connectivity index (χ1n) is 9.16. The molecule has 0 spiro atoms. The van der Waals surface area contributed by atoms with Crippen LogP contribution in [0.4, 0.5) is 0 Å². The maximum absolute atomic E-state index is 11.1. The smallest absolute Gasteiger partial charge is 0.231 e. The molecule has 6 nitrogen and oxygen atoms in total. The predicted octanol–water partition coefficient (Wildman–Crippen LogP) is 2.62. The first-order valence-corrected chi connectivity index (χ1v) is 9.16. The molecule has 142 valence electrons. The molecule has 3 atom stereocenters. The Labute approximate surface area is 158 Å². The van der Waals surface area contributed by atoms with Crippen molar-refractivity contribution >= 4 is 0 Å². The van der Waals surface area contributed by atoms with E-state index >= 15 is 0 Å². The molecule has 2 heterocycles. The molecule has 0 radical (unpaired) electrons. The van der Waals surface area contributed by atoms with Gasteiger partial charge < -0.3 is 24.1 Å². The van der Waals surface area contributed by atoms with Gasteiger partial charge in [0, 0.05) is 24.1 Å². The third-order valence-corrected chi connectivity index (χ3v) is 6.06. The molecule has 0 amide bonds. The van der Waals surface area contributed by atoms with E-state index in [0.29, 0.717) is 6.42 Å². The Morgan fingerprint density at radius 1 is 1.07 bits per heavy atom. The van der Waals surface area contributed by atoms with E-state index in [1.165, 1.54) is 5.56 Å². The van der Waals surface area contributed by atoms with E-state index in [9.17, 15) is 5.11 Å². The van der Waals surface area contributed by atoms with Gasteiger partial charge in [-0.05, 0) is 48.4 Å². The Morgan fingerprint density at radius 2 is 1.85 bits per heavy atom. The van der Waals surface area contributed by atoms with Crippen LogP contribution in [0.5, 0.6) is 23.0 Å². The number of rotatable bonds is 2. The summed E-state index contributed by atoms with van der Waals surface area (Å²) < 4.78 is 22.3. The zero-order chi connectivity index (χ0) is 18.7. The van der Waals surface area contributed by atoms with Crippen LogP contribution in [0.1, 0.15) is 34.2 Å². The number of likely N-dealkylation sites (N-methyl/N-ethyl adjacent to an activating group) is 1. The van der Waals surface area contributed by atoms with Gasteiger partial charge in [0.1, 0.15) is 0 Å². The number of ether oxygens (including phenoxy) is 4. The highest BCUT2D eigenvalue weighted by molar-refractivity contribution is 5.57. The first-order chi connectivity index (χ1) is 13.1. The lowest BCUT2D eigenvalue weighted by Crippen LogP contribution is -2.43. The maximum atomic E-state index is 11.1. The Kier molecular flexibility index (Phi) is 3.74. The summed E-state index contributed by atoms with van der Waals surface area (Å²) in [5.74, 6) is 2.99. The van der Waals surface area contributed by atoms with Crippen LogP contribution in [0, 0.1) is 0 Å². The second-order valence-corrected chi connectivity index (χ2v) is 7.43. The zero-order valence-electron chi connectivity index (χ0n) is 15.7. The summed E-state index contributed by atoms with van der Waals surface area (Å²) in [5, 5.41) is 11.1. The topological polar surface area (TPSA) is 60.4 Å². The van der Waals surface area contributed by atoms with Gasteiger partial charge in [-0.25, -0.2) is 0 Å². The summed E-state index contributed by atoms with van der Waals surface area (Å²) in [4.78, 5) is 2.28. The van der Waals surface area contributed by atoms with Gasteiger partial charge in [0.2, 0.25) is 6.79 Å². The summed E-state index contributed by atoms with van der Waals surface area (Å²) in [7, 11) is 5.40. The van der Waals surface area contributed by atoms with Crippen molar-refractivity contribution in [3.05, 3.63) is 46.5 Å². The largest absolute Gasteiger partial charge is 0.493 e. The van der Waals surface area contributed by atoms with Crippen molar-refractivity contribution in [2.24, 2.45) is 0 Å². The lowest BCUT2D eigenvalue weighted by atomic mass is 9.70. The molecule has 0 saturated heterocycles. The van der Waals surface area contributed by atoms with Crippen molar-refractivity contribution in [1.29, 1.82) is 0 Å². The van der Waals surface area contributed by atoms with Crippen molar-refractivity contribution < 1.29 is 24.1 Å². The Morgan fingerprint density at radius 3 is 2.59 bits per heavy atom. The van der Waals surface area contributed by atoms with Crippen LogP contribution in [-0.2, 0) is 13.0 Å². The minimum absolute atomic E-state index is 0.0357. The Hall–Kier alpha value is -2.44. The average molecular weight is 369 g/mol. The van der Waals surface area contributed by atoms with Gasteiger partial charge in [-0.3, -0.25) is 4.90 Å². The molecule has 27 heavy (non-hydrogen) atoms. The van der Waals surface area contributed by atoms with E-state index in [2.05, 4.69) is 24.1 Å². The minimum atomic E-state index is -0.484. The molecule has 2 aliphatic heterocycles. The van der Waals surface area contributed by atoms with Crippen LogP contribution in [0.2, 0.25) is 0 Å². The van der Waals surface area contributed by atoms with Crippen LogP contribution < -0.4 is 18.9 Å². The zero-order valence-corrected chi connectivity index (χ0v) is 15.7. The Balaban J connectivity index is 1.67. The van der Waals surface area contributed by atoms with Gasteiger partial charge in [0.25, 0.3) is 0 Å². The molecular formula is C21H23NO5. The molecule has 0 fully saturated rings. The maximum Gasteiger partial charge on any atom is 0.231 e. The van der Waals surface area contributed by atoms with Crippen LogP contribution in [0.15, 0.2) is 24.3 Å². The standard InChI is InChI=1S/C21H23NO5/c1-22-9-14-12(4-5-16(24-2)21(14)25-3)19-15(23)6-11-7-17-18(27-10-26-17)8-13(11)20(19)22/h4-5,7-8,15,19-20,23H,6,9-10H2,1-3H3/t15-,19-,20+/m0/s1. The van der Waals surface area contributed by atoms with Gasteiger partial charge in [-0.15, -0.1) is 0 Å². The van der Waals surface area contributed by atoms with Crippen molar-refractivity contribution in [2.75, 3.05) is 28.1 Å². The van der Waals surface area contributed by atoms with Crippen LogP contribution >= 0.6 is 0 Å². The molecular weight excluding hydrogens is 346 g/mol. The molecule has 0 saturated carbocycles. The van der Waals surface area contributed by atoms with Crippen molar-refractivity contribution in [3.63, 3.8) is 0 Å². The van der Waals surface area contributed by atoms with Gasteiger partial charge in [-0.2, -0.15) is 0 Å². The Bertz CT molecular complexity index is 912. The van der Waals surface area contributed by atoms with Crippen molar-refractivity contribution in [1.82, 2.24) is 4.90 Å². The quantitative estimate of drug-likeness (QED) is 0.878. The molecule has 5 rings (SSSR count). The summed E-state index contributed by atoms with van der Waals surface area (Å²) >= 11 is 0. The molecule has 2 aromatic rings. The van der Waals surface area contributed by atoms with Crippen molar-refractivity contribution in [3.8, 4) is 23.0 Å². The summed E-state index contributed by atoms with van der Waals surface area (Å²) in [6.07, 6.45) is 0.108. The summed E-state index contributed by atoms with van der Waals surface area (Å²) in [6, 6.07) is 8.19. The van der Waals surface area contributed by atoms with E-state index in [1.54, 1.807) is 14.2 Å². The molecule has 6 heteroatoms. The van der Waals surface area contributed by atoms with Crippen LogP contribution in [0.25, 0.3) is 0 Å². The lowest BCUT2D eigenvalue weighted by molar-refractivity contribution is 0.0590. The molecule has 2 aromatic carbocycles. The molecule has 0 bridgehead atoms. The summed E-state index contributed by atoms with van der Waals surface area (Å²) in [5.41, 5.74) is 4.55.